The van der Waals surface area contributed by atoms with Gasteiger partial charge in [0, 0.05) is 42.5 Å². The van der Waals surface area contributed by atoms with Gasteiger partial charge in [0.1, 0.15) is 17.0 Å². The number of anilines is 1. The molecule has 8 heteroatoms. The first-order valence-corrected chi connectivity index (χ1v) is 14.0. The van der Waals surface area contributed by atoms with Gasteiger partial charge in [-0.3, -0.25) is 9.55 Å². The number of aromatic nitrogens is 1. The van der Waals surface area contributed by atoms with Crippen LogP contribution in [0.25, 0.3) is 28.1 Å². The van der Waals surface area contributed by atoms with Gasteiger partial charge in [-0.2, -0.15) is 8.42 Å². The molecule has 36 heavy (non-hydrogen) atoms. The van der Waals surface area contributed by atoms with E-state index >= 15 is 0 Å². The summed E-state index contributed by atoms with van der Waals surface area (Å²) in [5.41, 5.74) is 5.29. The molecule has 0 spiro atoms. The van der Waals surface area contributed by atoms with Crippen LogP contribution in [0.4, 0.5) is 5.69 Å². The Morgan fingerprint density at radius 3 is 2.58 bits per heavy atom. The topological polar surface area (TPSA) is 96.0 Å². The first-order chi connectivity index (χ1) is 16.6. The van der Waals surface area contributed by atoms with Crippen molar-refractivity contribution in [3.05, 3.63) is 46.8 Å². The molecule has 2 heterocycles. The molecule has 2 aliphatic heterocycles. The molecule has 1 N–H and O–H groups in total. The fraction of sp³-hybridized carbons (Fsp3) is 0.500. The molecule has 1 aliphatic carbocycles. The molecule has 1 aromatic carbocycles. The van der Waals surface area contributed by atoms with Gasteiger partial charge in [-0.25, -0.2) is 4.98 Å². The second kappa shape index (κ2) is 8.99. The van der Waals surface area contributed by atoms with E-state index < -0.39 is 15.9 Å². The van der Waals surface area contributed by atoms with Crippen molar-refractivity contribution in [3.8, 4) is 11.5 Å². The van der Waals surface area contributed by atoms with E-state index in [1.54, 1.807) is 0 Å². The van der Waals surface area contributed by atoms with Gasteiger partial charge in [0.15, 0.2) is 11.3 Å². The number of nitrogens with zero attached hydrogens (tertiary/aromatic N) is 3. The highest BCUT2D eigenvalue weighted by Crippen LogP contribution is 2.44. The van der Waals surface area contributed by atoms with Crippen molar-refractivity contribution in [2.75, 3.05) is 24.2 Å². The molecule has 1 aromatic rings. The Hall–Kier alpha value is -2.71. The molecule has 0 saturated heterocycles. The largest absolute Gasteiger partial charge is 0.453 e. The molecule has 194 valence electrons. The van der Waals surface area contributed by atoms with E-state index in [9.17, 15) is 13.0 Å². The number of benzene rings is 2. The summed E-state index contributed by atoms with van der Waals surface area (Å²) in [7, 11) is -2.13. The molecule has 1 unspecified atom stereocenters. The molecule has 1 atom stereocenters. The number of allylic oxidation sites excluding steroid dienone is 1. The quantitative estimate of drug-likeness (QED) is 0.346. The normalized spacial score (nSPS) is 19.2. The Morgan fingerprint density at radius 1 is 1.28 bits per heavy atom. The minimum atomic E-state index is -4.25. The fourth-order valence-corrected chi connectivity index (χ4v) is 5.83. The predicted octanol–water partition coefficient (Wildman–Crippen LogP) is 5.89. The molecule has 0 fully saturated rings. The maximum absolute atomic E-state index is 11.9. The third kappa shape index (κ3) is 5.34. The lowest BCUT2D eigenvalue weighted by atomic mass is 9.80. The molecule has 0 radical (unpaired) electrons. The molecular weight excluding hydrogens is 474 g/mol. The lowest BCUT2D eigenvalue weighted by Crippen LogP contribution is -2.45. The zero-order valence-corrected chi connectivity index (χ0v) is 23.3. The molecule has 0 aromatic heterocycles. The Kier molecular flexibility index (Phi) is 6.58. The summed E-state index contributed by atoms with van der Waals surface area (Å²) in [6, 6.07) is 7.82. The summed E-state index contributed by atoms with van der Waals surface area (Å²) in [4.78, 5) is 11.8. The molecule has 0 amide bonds. The maximum atomic E-state index is 11.9. The number of hydrogen-bond donors (Lipinski definition) is 1. The molecular formula is C28H37N3O4S. The van der Waals surface area contributed by atoms with Crippen LogP contribution >= 0.6 is 0 Å². The summed E-state index contributed by atoms with van der Waals surface area (Å²) in [6.07, 6.45) is 2.90. The van der Waals surface area contributed by atoms with Crippen LogP contribution in [0.5, 0.6) is 0 Å². The van der Waals surface area contributed by atoms with Gasteiger partial charge in [0.05, 0.1) is 5.36 Å². The first kappa shape index (κ1) is 26.4. The molecule has 0 saturated carbocycles. The van der Waals surface area contributed by atoms with Crippen LogP contribution in [-0.2, 0) is 10.1 Å². The summed E-state index contributed by atoms with van der Waals surface area (Å²) in [6.45, 7) is 15.1. The van der Waals surface area contributed by atoms with Gasteiger partial charge in [0.25, 0.3) is 10.1 Å². The maximum Gasteiger partial charge on any atom is 0.269 e. The van der Waals surface area contributed by atoms with Crippen molar-refractivity contribution in [2.24, 2.45) is 10.4 Å². The standard InChI is InChI=1S/C28H37N3O4S/c1-9-29-21-12-25-23(11-20(21)18(15-27(3,4)5)16-36(32,33)34)30-22-10-19-17(2)14-28(6,7)31(8)24(19)13-26(22)35-25/h10-13,15,17H,9,14,16H2,1-8H3,(H,32,33,34)/b18-15-,29-21+. The van der Waals surface area contributed by atoms with Crippen molar-refractivity contribution in [1.29, 1.82) is 0 Å². The van der Waals surface area contributed by atoms with Crippen molar-refractivity contribution >= 4 is 32.5 Å². The average Bonchev–Trinajstić information content (AvgIpc) is 2.72. The highest BCUT2D eigenvalue weighted by atomic mass is 32.2. The smallest absolute Gasteiger partial charge is 0.269 e. The van der Waals surface area contributed by atoms with Crippen LogP contribution in [0, 0.1) is 5.41 Å². The van der Waals surface area contributed by atoms with E-state index in [1.165, 1.54) is 5.56 Å². The lowest BCUT2D eigenvalue weighted by Gasteiger charge is -2.45. The van der Waals surface area contributed by atoms with Crippen molar-refractivity contribution < 1.29 is 17.4 Å². The second-order valence-corrected chi connectivity index (χ2v) is 13.1. The van der Waals surface area contributed by atoms with Crippen LogP contribution in [0.3, 0.4) is 0 Å². The lowest BCUT2D eigenvalue weighted by molar-refractivity contribution is 0.395. The van der Waals surface area contributed by atoms with E-state index in [2.05, 4.69) is 49.8 Å². The summed E-state index contributed by atoms with van der Waals surface area (Å²) < 4.78 is 39.8. The third-order valence-electron chi connectivity index (χ3n) is 6.87. The minimum Gasteiger partial charge on any atom is -0.453 e. The number of hydrogen-bond acceptors (Lipinski definition) is 6. The molecule has 3 aliphatic rings. The average molecular weight is 512 g/mol. The number of fused-ring (bicyclic) bond motifs is 3. The summed E-state index contributed by atoms with van der Waals surface area (Å²) in [5.74, 6) is 0.455. The van der Waals surface area contributed by atoms with Crippen molar-refractivity contribution in [3.63, 3.8) is 0 Å². The summed E-state index contributed by atoms with van der Waals surface area (Å²) >= 11 is 0. The fourth-order valence-electron chi connectivity index (χ4n) is 5.20. The van der Waals surface area contributed by atoms with Crippen LogP contribution in [0.15, 0.2) is 39.8 Å². The van der Waals surface area contributed by atoms with Gasteiger partial charge in [-0.05, 0) is 61.8 Å². The van der Waals surface area contributed by atoms with Gasteiger partial charge < -0.3 is 9.32 Å². The zero-order valence-electron chi connectivity index (χ0n) is 22.5. The number of rotatable bonds is 4. The predicted molar refractivity (Wildman–Crippen MR) is 146 cm³/mol. The van der Waals surface area contributed by atoms with Gasteiger partial charge in [-0.1, -0.05) is 33.8 Å². The van der Waals surface area contributed by atoms with E-state index in [-0.39, 0.29) is 11.0 Å². The molecule has 7 nitrogen and oxygen atoms in total. The minimum absolute atomic E-state index is 0.0370. The van der Waals surface area contributed by atoms with E-state index in [0.717, 1.165) is 17.6 Å². The Labute approximate surface area is 214 Å². The van der Waals surface area contributed by atoms with Crippen LogP contribution in [0.2, 0.25) is 0 Å². The van der Waals surface area contributed by atoms with Crippen molar-refractivity contribution in [2.45, 2.75) is 66.3 Å². The van der Waals surface area contributed by atoms with Crippen LogP contribution in [0.1, 0.15) is 71.9 Å². The molecule has 0 bridgehead atoms. The van der Waals surface area contributed by atoms with Gasteiger partial charge in [0.2, 0.25) is 0 Å². The van der Waals surface area contributed by atoms with Crippen molar-refractivity contribution in [1.82, 2.24) is 4.98 Å². The van der Waals surface area contributed by atoms with E-state index in [4.69, 9.17) is 9.40 Å². The van der Waals surface area contributed by atoms with Gasteiger partial charge in [-0.15, -0.1) is 0 Å². The summed E-state index contributed by atoms with van der Waals surface area (Å²) in [5, 5.41) is 0.610. The zero-order chi connectivity index (χ0) is 26.6. The Bertz CT molecular complexity index is 1490. The van der Waals surface area contributed by atoms with Crippen LogP contribution < -0.4 is 10.3 Å². The van der Waals surface area contributed by atoms with Crippen LogP contribution in [-0.4, -0.2) is 42.8 Å². The second-order valence-electron chi connectivity index (χ2n) is 11.6. The Balaban J connectivity index is 1.99. The SMILES string of the molecule is CC/N=c1\cc2oc3cc4c(cc3nc-2cc1/C(=C\C(C)(C)C)CS(=O)(=O)O)C(C)CC(C)(C)N4C. The molecule has 4 rings (SSSR count). The highest BCUT2D eigenvalue weighted by Gasteiger charge is 2.34. The van der Waals surface area contributed by atoms with Gasteiger partial charge >= 0.3 is 0 Å². The Morgan fingerprint density at radius 2 is 1.97 bits per heavy atom. The third-order valence-corrected chi connectivity index (χ3v) is 7.55. The highest BCUT2D eigenvalue weighted by molar-refractivity contribution is 7.86. The monoisotopic (exact) mass is 511 g/mol. The first-order valence-electron chi connectivity index (χ1n) is 12.4. The van der Waals surface area contributed by atoms with E-state index in [1.807, 2.05) is 45.9 Å². The van der Waals surface area contributed by atoms with E-state index in [0.29, 0.717) is 46.0 Å².